The van der Waals surface area contributed by atoms with Crippen LogP contribution in [0.2, 0.25) is 0 Å². The van der Waals surface area contributed by atoms with E-state index in [2.05, 4.69) is 0 Å². The van der Waals surface area contributed by atoms with E-state index < -0.39 is 11.7 Å². The van der Waals surface area contributed by atoms with E-state index in [1.807, 2.05) is 30.1 Å². The molecule has 1 aliphatic rings. The second-order valence-corrected chi connectivity index (χ2v) is 6.16. The molecule has 1 heterocycles. The SMILES string of the molecule is CN(CC=Cc1ccccc1C(F)(F)F)Cc1ccc2c(c1)OCCO2. The van der Waals surface area contributed by atoms with Crippen molar-refractivity contribution in [2.45, 2.75) is 12.7 Å². The Labute approximate surface area is 150 Å². The summed E-state index contributed by atoms with van der Waals surface area (Å²) in [5, 5.41) is 0. The van der Waals surface area contributed by atoms with Crippen molar-refractivity contribution in [3.63, 3.8) is 0 Å². The lowest BCUT2D eigenvalue weighted by Crippen LogP contribution is -2.19. The summed E-state index contributed by atoms with van der Waals surface area (Å²) in [4.78, 5) is 2.01. The number of fused-ring (bicyclic) bond motifs is 1. The topological polar surface area (TPSA) is 21.7 Å². The van der Waals surface area contributed by atoms with E-state index in [4.69, 9.17) is 9.47 Å². The second-order valence-electron chi connectivity index (χ2n) is 6.16. The lowest BCUT2D eigenvalue weighted by atomic mass is 10.1. The van der Waals surface area contributed by atoms with Crippen molar-refractivity contribution in [3.05, 3.63) is 65.2 Å². The molecule has 26 heavy (non-hydrogen) atoms. The zero-order valence-corrected chi connectivity index (χ0v) is 14.4. The quantitative estimate of drug-likeness (QED) is 0.774. The van der Waals surface area contributed by atoms with Gasteiger partial charge in [0.1, 0.15) is 13.2 Å². The summed E-state index contributed by atoms with van der Waals surface area (Å²) in [5.41, 5.74) is 0.610. The van der Waals surface area contributed by atoms with Crippen LogP contribution in [0.3, 0.4) is 0 Å². The van der Waals surface area contributed by atoms with Crippen molar-refractivity contribution in [3.8, 4) is 11.5 Å². The summed E-state index contributed by atoms with van der Waals surface area (Å²) >= 11 is 0. The maximum Gasteiger partial charge on any atom is 0.416 e. The molecule has 3 nitrogen and oxygen atoms in total. The smallest absolute Gasteiger partial charge is 0.416 e. The minimum Gasteiger partial charge on any atom is -0.486 e. The van der Waals surface area contributed by atoms with E-state index in [0.717, 1.165) is 23.1 Å². The highest BCUT2D eigenvalue weighted by Crippen LogP contribution is 2.32. The van der Waals surface area contributed by atoms with Crippen LogP contribution in [0.15, 0.2) is 48.5 Å². The van der Waals surface area contributed by atoms with Crippen LogP contribution in [-0.2, 0) is 12.7 Å². The molecule has 0 amide bonds. The number of nitrogens with zero attached hydrogens (tertiary/aromatic N) is 1. The fourth-order valence-corrected chi connectivity index (χ4v) is 2.82. The number of likely N-dealkylation sites (N-methyl/N-ethyl adjacent to an activating group) is 1. The van der Waals surface area contributed by atoms with Crippen LogP contribution >= 0.6 is 0 Å². The molecule has 0 N–H and O–H groups in total. The first-order valence-electron chi connectivity index (χ1n) is 8.33. The Bertz CT molecular complexity index is 787. The van der Waals surface area contributed by atoms with E-state index in [1.54, 1.807) is 12.1 Å². The average molecular weight is 363 g/mol. The summed E-state index contributed by atoms with van der Waals surface area (Å²) in [7, 11) is 1.91. The monoisotopic (exact) mass is 363 g/mol. The van der Waals surface area contributed by atoms with Gasteiger partial charge in [0, 0.05) is 13.1 Å². The number of alkyl halides is 3. The fraction of sp³-hybridized carbons (Fsp3) is 0.300. The Morgan fingerprint density at radius 1 is 1.04 bits per heavy atom. The minimum atomic E-state index is -4.35. The Morgan fingerprint density at radius 2 is 1.77 bits per heavy atom. The van der Waals surface area contributed by atoms with Crippen LogP contribution in [0.25, 0.3) is 6.08 Å². The van der Waals surface area contributed by atoms with Crippen molar-refractivity contribution >= 4 is 6.08 Å². The lowest BCUT2D eigenvalue weighted by molar-refractivity contribution is -0.137. The summed E-state index contributed by atoms with van der Waals surface area (Å²) in [6.45, 7) is 2.27. The summed E-state index contributed by atoms with van der Waals surface area (Å²) in [6, 6.07) is 11.4. The maximum absolute atomic E-state index is 13.0. The highest BCUT2D eigenvalue weighted by molar-refractivity contribution is 5.54. The van der Waals surface area contributed by atoms with Gasteiger partial charge in [-0.25, -0.2) is 0 Å². The molecule has 138 valence electrons. The number of benzene rings is 2. The van der Waals surface area contributed by atoms with Crippen LogP contribution < -0.4 is 9.47 Å². The molecule has 2 aromatic carbocycles. The van der Waals surface area contributed by atoms with Gasteiger partial charge in [0.2, 0.25) is 0 Å². The Kier molecular flexibility index (Phi) is 5.52. The van der Waals surface area contributed by atoms with Crippen molar-refractivity contribution in [2.24, 2.45) is 0 Å². The van der Waals surface area contributed by atoms with E-state index in [-0.39, 0.29) is 5.56 Å². The predicted molar refractivity (Wildman–Crippen MR) is 94.2 cm³/mol. The lowest BCUT2D eigenvalue weighted by Gasteiger charge is -2.20. The molecule has 0 unspecified atom stereocenters. The van der Waals surface area contributed by atoms with E-state index >= 15 is 0 Å². The third-order valence-electron chi connectivity index (χ3n) is 4.04. The molecule has 0 bridgehead atoms. The van der Waals surface area contributed by atoms with E-state index in [9.17, 15) is 13.2 Å². The van der Waals surface area contributed by atoms with Crippen molar-refractivity contribution < 1.29 is 22.6 Å². The molecule has 0 aliphatic carbocycles. The first-order chi connectivity index (χ1) is 12.4. The highest BCUT2D eigenvalue weighted by atomic mass is 19.4. The molecule has 3 rings (SSSR count). The maximum atomic E-state index is 13.0. The van der Waals surface area contributed by atoms with Crippen LogP contribution in [0.5, 0.6) is 11.5 Å². The summed E-state index contributed by atoms with van der Waals surface area (Å²) in [5.74, 6) is 1.48. The molecule has 2 aromatic rings. The van der Waals surface area contributed by atoms with Gasteiger partial charge in [-0.1, -0.05) is 36.4 Å². The Hall–Kier alpha value is -2.47. The number of hydrogen-bond acceptors (Lipinski definition) is 3. The van der Waals surface area contributed by atoms with Crippen LogP contribution in [0.4, 0.5) is 13.2 Å². The number of ether oxygens (including phenoxy) is 2. The van der Waals surface area contributed by atoms with E-state index in [0.29, 0.717) is 26.3 Å². The zero-order chi connectivity index (χ0) is 18.6. The van der Waals surface area contributed by atoms with Gasteiger partial charge in [0.05, 0.1) is 5.56 Å². The molecule has 6 heteroatoms. The Balaban J connectivity index is 1.61. The van der Waals surface area contributed by atoms with Gasteiger partial charge in [0.25, 0.3) is 0 Å². The molecule has 0 radical (unpaired) electrons. The van der Waals surface area contributed by atoms with Crippen LogP contribution in [-0.4, -0.2) is 31.7 Å². The molecule has 0 aromatic heterocycles. The first-order valence-corrected chi connectivity index (χ1v) is 8.33. The van der Waals surface area contributed by atoms with Crippen molar-refractivity contribution in [1.82, 2.24) is 4.90 Å². The van der Waals surface area contributed by atoms with Gasteiger partial charge < -0.3 is 9.47 Å². The minimum absolute atomic E-state index is 0.174. The highest BCUT2D eigenvalue weighted by Gasteiger charge is 2.32. The number of halogens is 3. The zero-order valence-electron chi connectivity index (χ0n) is 14.4. The second kappa shape index (κ2) is 7.83. The number of rotatable bonds is 5. The summed E-state index contributed by atoms with van der Waals surface area (Å²) < 4.78 is 50.0. The predicted octanol–water partition coefficient (Wildman–Crippen LogP) is 4.62. The van der Waals surface area contributed by atoms with Crippen molar-refractivity contribution in [2.75, 3.05) is 26.8 Å². The molecule has 0 saturated carbocycles. The van der Waals surface area contributed by atoms with Gasteiger partial charge in [-0.05, 0) is 36.4 Å². The first kappa shape index (κ1) is 18.3. The normalized spacial score (nSPS) is 14.2. The van der Waals surface area contributed by atoms with Crippen LogP contribution in [0.1, 0.15) is 16.7 Å². The molecule has 1 aliphatic heterocycles. The molecule has 0 atom stereocenters. The van der Waals surface area contributed by atoms with Gasteiger partial charge in [0.15, 0.2) is 11.5 Å². The molecular weight excluding hydrogens is 343 g/mol. The molecule has 0 saturated heterocycles. The van der Waals surface area contributed by atoms with Gasteiger partial charge in [-0.15, -0.1) is 0 Å². The standard InChI is InChI=1S/C20H20F3NO2/c1-24(14-15-8-9-18-19(13-15)26-12-11-25-18)10-4-6-16-5-2-3-7-17(16)20(21,22)23/h2-9,13H,10-12,14H2,1H3. The number of hydrogen-bond donors (Lipinski definition) is 0. The fourth-order valence-electron chi connectivity index (χ4n) is 2.82. The average Bonchev–Trinajstić information content (AvgIpc) is 2.61. The van der Waals surface area contributed by atoms with Gasteiger partial charge in [-0.2, -0.15) is 13.2 Å². The van der Waals surface area contributed by atoms with E-state index in [1.165, 1.54) is 18.2 Å². The van der Waals surface area contributed by atoms with Gasteiger partial charge in [-0.3, -0.25) is 4.90 Å². The third-order valence-corrected chi connectivity index (χ3v) is 4.04. The third kappa shape index (κ3) is 4.58. The summed E-state index contributed by atoms with van der Waals surface area (Å²) in [6.07, 6.45) is -1.09. The largest absolute Gasteiger partial charge is 0.486 e. The van der Waals surface area contributed by atoms with Crippen LogP contribution in [0, 0.1) is 0 Å². The molecule has 0 spiro atoms. The molecular formula is C20H20F3NO2. The van der Waals surface area contributed by atoms with Crippen molar-refractivity contribution in [1.29, 1.82) is 0 Å². The van der Waals surface area contributed by atoms with Gasteiger partial charge >= 0.3 is 6.18 Å². The Morgan fingerprint density at radius 3 is 2.54 bits per heavy atom. The molecule has 0 fully saturated rings.